The van der Waals surface area contributed by atoms with E-state index in [4.69, 9.17) is 11.6 Å². The Morgan fingerprint density at radius 1 is 1.07 bits per heavy atom. The molecular weight excluding hydrogens is 368 g/mol. The molecule has 0 saturated heterocycles. The van der Waals surface area contributed by atoms with Gasteiger partial charge in [0.2, 0.25) is 5.88 Å². The van der Waals surface area contributed by atoms with Crippen molar-refractivity contribution >= 4 is 17.3 Å². The van der Waals surface area contributed by atoms with E-state index in [9.17, 15) is 14.7 Å². The van der Waals surface area contributed by atoms with E-state index in [1.54, 1.807) is 24.3 Å². The van der Waals surface area contributed by atoms with Crippen LogP contribution in [0.15, 0.2) is 69.3 Å². The molecule has 7 nitrogen and oxygen atoms in total. The minimum atomic E-state index is -0.741. The van der Waals surface area contributed by atoms with Gasteiger partial charge in [0, 0.05) is 11.4 Å². The average molecular weight is 383 g/mol. The van der Waals surface area contributed by atoms with Crippen molar-refractivity contribution in [2.24, 2.45) is 5.10 Å². The molecule has 1 unspecified atom stereocenters. The second kappa shape index (κ2) is 6.77. The van der Waals surface area contributed by atoms with E-state index in [1.165, 1.54) is 0 Å². The van der Waals surface area contributed by atoms with E-state index in [1.807, 2.05) is 30.3 Å². The maximum Gasteiger partial charge on any atom is 0.335 e. The molecule has 2 heterocycles. The van der Waals surface area contributed by atoms with Crippen LogP contribution >= 0.6 is 11.6 Å². The molecular formula is C19H15ClN4O3. The smallest absolute Gasteiger partial charge is 0.335 e. The SMILES string of the molecule is O=c1[nH]c(=O)n(-c2ccc(Cl)cc2)c(O)c1C1=NNC(c2ccccc2)C1. The molecule has 0 amide bonds. The third-order valence-corrected chi connectivity index (χ3v) is 4.67. The molecule has 27 heavy (non-hydrogen) atoms. The highest BCUT2D eigenvalue weighted by atomic mass is 35.5. The summed E-state index contributed by atoms with van der Waals surface area (Å²) >= 11 is 5.88. The third kappa shape index (κ3) is 3.13. The second-order valence-corrected chi connectivity index (χ2v) is 6.56. The van der Waals surface area contributed by atoms with E-state index in [0.29, 0.717) is 22.8 Å². The topological polar surface area (TPSA) is 99.5 Å². The molecule has 1 aliphatic rings. The Labute approximate surface area is 158 Å². The van der Waals surface area contributed by atoms with Crippen molar-refractivity contribution < 1.29 is 5.11 Å². The van der Waals surface area contributed by atoms with Crippen LogP contribution in [0.2, 0.25) is 5.02 Å². The first kappa shape index (κ1) is 17.1. The van der Waals surface area contributed by atoms with Gasteiger partial charge < -0.3 is 10.5 Å². The molecule has 2 aromatic carbocycles. The lowest BCUT2D eigenvalue weighted by atomic mass is 10.00. The minimum Gasteiger partial charge on any atom is -0.493 e. The fraction of sp³-hybridized carbons (Fsp3) is 0.105. The number of nitrogens with one attached hydrogen (secondary N) is 2. The van der Waals surface area contributed by atoms with E-state index in [-0.39, 0.29) is 11.6 Å². The van der Waals surface area contributed by atoms with Crippen LogP contribution < -0.4 is 16.7 Å². The molecule has 1 aliphatic heterocycles. The molecule has 0 fully saturated rings. The Morgan fingerprint density at radius 2 is 1.78 bits per heavy atom. The number of aromatic hydroxyl groups is 1. The number of rotatable bonds is 3. The number of hydrogen-bond donors (Lipinski definition) is 3. The summed E-state index contributed by atoms with van der Waals surface area (Å²) in [7, 11) is 0. The molecule has 3 N–H and O–H groups in total. The zero-order chi connectivity index (χ0) is 19.0. The van der Waals surface area contributed by atoms with Gasteiger partial charge in [0.15, 0.2) is 0 Å². The fourth-order valence-corrected chi connectivity index (χ4v) is 3.22. The maximum absolute atomic E-state index is 12.4. The average Bonchev–Trinajstić information content (AvgIpc) is 3.13. The molecule has 1 atom stereocenters. The quantitative estimate of drug-likeness (QED) is 0.647. The summed E-state index contributed by atoms with van der Waals surface area (Å²) in [4.78, 5) is 26.9. The Bertz CT molecular complexity index is 1130. The molecule has 1 aromatic heterocycles. The van der Waals surface area contributed by atoms with Crippen LogP contribution in [0.1, 0.15) is 23.6 Å². The molecule has 0 aliphatic carbocycles. The van der Waals surface area contributed by atoms with Crippen molar-refractivity contribution in [1.29, 1.82) is 0 Å². The van der Waals surface area contributed by atoms with Crippen molar-refractivity contribution in [3.05, 3.63) is 91.6 Å². The number of aromatic nitrogens is 2. The molecule has 8 heteroatoms. The van der Waals surface area contributed by atoms with Crippen molar-refractivity contribution in [3.63, 3.8) is 0 Å². The van der Waals surface area contributed by atoms with Gasteiger partial charge in [0.25, 0.3) is 5.56 Å². The molecule has 3 aromatic rings. The summed E-state index contributed by atoms with van der Waals surface area (Å²) in [6.45, 7) is 0. The summed E-state index contributed by atoms with van der Waals surface area (Å²) in [5.74, 6) is -0.458. The van der Waals surface area contributed by atoms with Gasteiger partial charge in [-0.3, -0.25) is 9.78 Å². The summed E-state index contributed by atoms with van der Waals surface area (Å²) < 4.78 is 1.02. The van der Waals surface area contributed by atoms with Crippen LogP contribution in [0.4, 0.5) is 0 Å². The highest BCUT2D eigenvalue weighted by Gasteiger charge is 2.27. The van der Waals surface area contributed by atoms with Crippen LogP contribution in [-0.2, 0) is 0 Å². The normalized spacial score (nSPS) is 16.0. The van der Waals surface area contributed by atoms with E-state index >= 15 is 0 Å². The highest BCUT2D eigenvalue weighted by Crippen LogP contribution is 2.27. The number of nitrogens with zero attached hydrogens (tertiary/aromatic N) is 2. The minimum absolute atomic E-state index is 0.0320. The molecule has 0 spiro atoms. The molecule has 0 radical (unpaired) electrons. The standard InChI is InChI=1S/C19H15ClN4O3/c20-12-6-8-13(9-7-12)24-18(26)16(17(25)21-19(24)27)15-10-14(22-23-15)11-4-2-1-3-5-11/h1-9,14,22,26H,10H2,(H,21,25,27). The zero-order valence-corrected chi connectivity index (χ0v) is 14.8. The summed E-state index contributed by atoms with van der Waals surface area (Å²) in [6.07, 6.45) is 0.402. The van der Waals surface area contributed by atoms with Crippen molar-refractivity contribution in [2.45, 2.75) is 12.5 Å². The second-order valence-electron chi connectivity index (χ2n) is 6.12. The highest BCUT2D eigenvalue weighted by molar-refractivity contribution is 6.30. The number of hydrogen-bond acceptors (Lipinski definition) is 5. The Kier molecular flexibility index (Phi) is 4.29. The van der Waals surface area contributed by atoms with Gasteiger partial charge in [-0.05, 0) is 29.8 Å². The van der Waals surface area contributed by atoms with Gasteiger partial charge in [-0.2, -0.15) is 5.10 Å². The van der Waals surface area contributed by atoms with Crippen LogP contribution in [0.25, 0.3) is 5.69 Å². The number of benzene rings is 2. The van der Waals surface area contributed by atoms with E-state index < -0.39 is 17.1 Å². The lowest BCUT2D eigenvalue weighted by Crippen LogP contribution is -2.33. The fourth-order valence-electron chi connectivity index (χ4n) is 3.09. The Balaban J connectivity index is 1.76. The first-order chi connectivity index (χ1) is 13.0. The van der Waals surface area contributed by atoms with Crippen molar-refractivity contribution in [3.8, 4) is 11.6 Å². The maximum atomic E-state index is 12.4. The van der Waals surface area contributed by atoms with Crippen LogP contribution in [0.5, 0.6) is 5.88 Å². The largest absolute Gasteiger partial charge is 0.493 e. The Morgan fingerprint density at radius 3 is 2.48 bits per heavy atom. The molecule has 4 rings (SSSR count). The summed E-state index contributed by atoms with van der Waals surface area (Å²) in [5.41, 5.74) is 3.29. The van der Waals surface area contributed by atoms with Crippen molar-refractivity contribution in [2.75, 3.05) is 0 Å². The number of H-pyrrole nitrogens is 1. The van der Waals surface area contributed by atoms with Gasteiger partial charge in [-0.15, -0.1) is 0 Å². The number of aromatic amines is 1. The lowest BCUT2D eigenvalue weighted by Gasteiger charge is -2.12. The van der Waals surface area contributed by atoms with Gasteiger partial charge in [-0.1, -0.05) is 41.9 Å². The first-order valence-electron chi connectivity index (χ1n) is 8.26. The summed E-state index contributed by atoms with van der Waals surface area (Å²) in [6, 6.07) is 15.9. The van der Waals surface area contributed by atoms with Gasteiger partial charge in [0.1, 0.15) is 5.56 Å². The van der Waals surface area contributed by atoms with Gasteiger partial charge in [-0.25, -0.2) is 9.36 Å². The van der Waals surface area contributed by atoms with Gasteiger partial charge in [0.05, 0.1) is 17.4 Å². The predicted molar refractivity (Wildman–Crippen MR) is 103 cm³/mol. The Hall–Kier alpha value is -3.32. The molecule has 0 saturated carbocycles. The van der Waals surface area contributed by atoms with Crippen LogP contribution in [0, 0.1) is 0 Å². The predicted octanol–water partition coefficient (Wildman–Crippen LogP) is 2.32. The molecule has 0 bridgehead atoms. The number of halogens is 1. The molecule has 136 valence electrons. The van der Waals surface area contributed by atoms with Crippen LogP contribution in [-0.4, -0.2) is 20.4 Å². The number of hydrazone groups is 1. The van der Waals surface area contributed by atoms with E-state index in [2.05, 4.69) is 15.5 Å². The van der Waals surface area contributed by atoms with Crippen LogP contribution in [0.3, 0.4) is 0 Å². The first-order valence-corrected chi connectivity index (χ1v) is 8.64. The zero-order valence-electron chi connectivity index (χ0n) is 14.0. The lowest BCUT2D eigenvalue weighted by molar-refractivity contribution is 0.429. The van der Waals surface area contributed by atoms with E-state index in [0.717, 1.165) is 10.1 Å². The summed E-state index contributed by atoms with van der Waals surface area (Å²) in [5, 5.41) is 15.4. The van der Waals surface area contributed by atoms with Gasteiger partial charge >= 0.3 is 5.69 Å². The van der Waals surface area contributed by atoms with Crippen molar-refractivity contribution in [1.82, 2.24) is 15.0 Å². The third-order valence-electron chi connectivity index (χ3n) is 4.41. The monoisotopic (exact) mass is 382 g/mol.